The normalized spacial score (nSPS) is 27.1. The van der Waals surface area contributed by atoms with E-state index >= 15 is 0 Å². The third-order valence-corrected chi connectivity index (χ3v) is 11.0. The van der Waals surface area contributed by atoms with Gasteiger partial charge in [-0.3, -0.25) is 19.2 Å². The van der Waals surface area contributed by atoms with Gasteiger partial charge >= 0.3 is 5.97 Å². The summed E-state index contributed by atoms with van der Waals surface area (Å²) in [7, 11) is 2.78. The lowest BCUT2D eigenvalue weighted by atomic mass is 9.51. The number of fused-ring (bicyclic) bond motifs is 4. The van der Waals surface area contributed by atoms with Gasteiger partial charge in [-0.1, -0.05) is 23.3 Å². The van der Waals surface area contributed by atoms with Crippen molar-refractivity contribution in [1.82, 2.24) is 0 Å². The number of allylic oxidation sites excluding steroid dienone is 2. The minimum atomic E-state index is -1.56. The number of carbonyl (C=O) groups excluding carboxylic acids is 4. The zero-order valence-electron chi connectivity index (χ0n) is 26.8. The van der Waals surface area contributed by atoms with E-state index in [1.54, 1.807) is 13.0 Å². The highest BCUT2D eigenvalue weighted by atomic mass is 35.5. The number of nitrogens with zero attached hydrogens (tertiary/aromatic N) is 2. The lowest BCUT2D eigenvalue weighted by molar-refractivity contribution is -0.131. The molecule has 4 amide bonds. The first-order valence-electron chi connectivity index (χ1n) is 15.7. The van der Waals surface area contributed by atoms with Crippen LogP contribution in [0.1, 0.15) is 41.6 Å². The van der Waals surface area contributed by atoms with E-state index in [4.69, 9.17) is 21.1 Å². The fourth-order valence-corrected chi connectivity index (χ4v) is 8.63. The molecule has 50 heavy (non-hydrogen) atoms. The molecule has 0 bridgehead atoms. The predicted molar refractivity (Wildman–Crippen MR) is 175 cm³/mol. The van der Waals surface area contributed by atoms with Crippen molar-refractivity contribution in [2.45, 2.75) is 25.7 Å². The first-order valence-corrected chi connectivity index (χ1v) is 16.0. The molecule has 2 saturated heterocycles. The Labute approximate surface area is 289 Å². The van der Waals surface area contributed by atoms with Crippen LogP contribution in [0.5, 0.6) is 23.0 Å². The number of amides is 4. The predicted octanol–water partition coefficient (Wildman–Crippen LogP) is 5.04. The standard InChI is InChI=1S/C36H30ClFN2O10/c1-36-22(32(44)40(35(36)48)15-5-9-24(38)23(37)10-15)14-21-18(30(36)29-26(42)12-17(49-2)13-27(29)50-3)7-8-20-28(21)33(45)39(31(20)43)16-4-6-19(34(46)47)25(41)11-16/h4-7,9-13,20-22,28,30,41-42H,8,14H2,1-3H3,(H,46,47). The van der Waals surface area contributed by atoms with Gasteiger partial charge in [0.25, 0.3) is 0 Å². The number of imide groups is 2. The van der Waals surface area contributed by atoms with Crippen molar-refractivity contribution in [1.29, 1.82) is 0 Å². The van der Waals surface area contributed by atoms with E-state index in [1.165, 1.54) is 44.6 Å². The molecule has 2 heterocycles. The molecule has 0 radical (unpaired) electrons. The quantitative estimate of drug-likeness (QED) is 0.233. The van der Waals surface area contributed by atoms with Gasteiger partial charge < -0.3 is 24.8 Å². The zero-order valence-corrected chi connectivity index (χ0v) is 27.6. The molecule has 3 aromatic rings. The Morgan fingerprint density at radius 2 is 1.60 bits per heavy atom. The first kappa shape index (κ1) is 33.1. The van der Waals surface area contributed by atoms with Crippen LogP contribution in [-0.4, -0.2) is 59.1 Å². The minimum absolute atomic E-state index is 0.0170. The van der Waals surface area contributed by atoms with Crippen LogP contribution in [0, 0.1) is 34.9 Å². The molecule has 2 aliphatic carbocycles. The van der Waals surface area contributed by atoms with Crippen molar-refractivity contribution < 1.29 is 53.2 Å². The molecule has 6 unspecified atom stereocenters. The number of rotatable bonds is 6. The second-order valence-electron chi connectivity index (χ2n) is 13.0. The number of phenolic OH excluding ortho intramolecular Hbond substituents is 1. The number of anilines is 2. The number of carboxylic acid groups (broad SMARTS) is 1. The molecule has 6 atom stereocenters. The third-order valence-electron chi connectivity index (χ3n) is 10.7. The number of methoxy groups -OCH3 is 2. The molecule has 2 aliphatic heterocycles. The minimum Gasteiger partial charge on any atom is -0.507 e. The summed E-state index contributed by atoms with van der Waals surface area (Å²) < 4.78 is 25.2. The van der Waals surface area contributed by atoms with Crippen molar-refractivity contribution in [2.24, 2.45) is 29.1 Å². The van der Waals surface area contributed by atoms with Gasteiger partial charge in [0.1, 0.15) is 34.4 Å². The second kappa shape index (κ2) is 11.6. The van der Waals surface area contributed by atoms with Gasteiger partial charge in [0, 0.05) is 29.7 Å². The van der Waals surface area contributed by atoms with Gasteiger partial charge in [-0.15, -0.1) is 0 Å². The van der Waals surface area contributed by atoms with Gasteiger partial charge in [-0.2, -0.15) is 0 Å². The highest BCUT2D eigenvalue weighted by molar-refractivity contribution is 6.32. The molecule has 3 fully saturated rings. The highest BCUT2D eigenvalue weighted by Gasteiger charge is 2.68. The smallest absolute Gasteiger partial charge is 0.339 e. The number of phenols is 2. The Kier molecular flexibility index (Phi) is 7.66. The molecule has 258 valence electrons. The lowest BCUT2D eigenvalue weighted by Gasteiger charge is -2.49. The summed E-state index contributed by atoms with van der Waals surface area (Å²) in [6, 6.07) is 9.77. The summed E-state index contributed by atoms with van der Waals surface area (Å²) >= 11 is 6.06. The van der Waals surface area contributed by atoms with E-state index in [2.05, 4.69) is 0 Å². The number of carboxylic acids is 1. The lowest BCUT2D eigenvalue weighted by Crippen LogP contribution is -2.49. The summed E-state index contributed by atoms with van der Waals surface area (Å²) in [5, 5.41) is 30.9. The summed E-state index contributed by atoms with van der Waals surface area (Å²) in [4.78, 5) is 70.6. The second-order valence-corrected chi connectivity index (χ2v) is 13.4. The molecule has 14 heteroatoms. The number of aromatic carboxylic acids is 1. The Bertz CT molecular complexity index is 2080. The van der Waals surface area contributed by atoms with Gasteiger partial charge in [0.15, 0.2) is 0 Å². The number of ether oxygens (including phenoxy) is 2. The number of hydrogen-bond donors (Lipinski definition) is 3. The molecular formula is C36H30ClFN2O10. The number of hydrogen-bond acceptors (Lipinski definition) is 9. The largest absolute Gasteiger partial charge is 0.507 e. The Morgan fingerprint density at radius 1 is 0.900 bits per heavy atom. The molecule has 12 nitrogen and oxygen atoms in total. The summed E-state index contributed by atoms with van der Waals surface area (Å²) in [6.45, 7) is 1.61. The maximum absolute atomic E-state index is 14.6. The Morgan fingerprint density at radius 3 is 2.24 bits per heavy atom. The van der Waals surface area contributed by atoms with Crippen molar-refractivity contribution >= 4 is 52.6 Å². The maximum Gasteiger partial charge on any atom is 0.339 e. The van der Waals surface area contributed by atoms with E-state index in [0.29, 0.717) is 5.57 Å². The van der Waals surface area contributed by atoms with Gasteiger partial charge in [0.05, 0.1) is 53.8 Å². The van der Waals surface area contributed by atoms with Crippen LogP contribution in [0.2, 0.25) is 5.02 Å². The molecule has 0 spiro atoms. The van der Waals surface area contributed by atoms with Crippen LogP contribution in [0.25, 0.3) is 0 Å². The average Bonchev–Trinajstić information content (AvgIpc) is 3.45. The number of benzene rings is 3. The molecular weight excluding hydrogens is 675 g/mol. The number of aromatic hydroxyl groups is 2. The molecule has 3 aromatic carbocycles. The Hall–Kier alpha value is -5.43. The SMILES string of the molecule is COc1cc(O)c(C2C3=CCC4C(=O)N(c5ccc(C(=O)O)c(O)c5)C(=O)C4C3CC3C(=O)N(c4ccc(F)c(Cl)c4)C(=O)C32C)c(OC)c1. The first-order chi connectivity index (χ1) is 23.7. The summed E-state index contributed by atoms with van der Waals surface area (Å²) in [5.74, 6) is -9.84. The molecule has 7 rings (SSSR count). The van der Waals surface area contributed by atoms with Gasteiger partial charge in [0.2, 0.25) is 23.6 Å². The highest BCUT2D eigenvalue weighted by Crippen LogP contribution is 2.65. The summed E-state index contributed by atoms with van der Waals surface area (Å²) in [5.41, 5.74) is -1.21. The van der Waals surface area contributed by atoms with E-state index in [9.17, 15) is 43.7 Å². The fraction of sp³-hybridized carbons (Fsp3) is 0.306. The third kappa shape index (κ3) is 4.52. The van der Waals surface area contributed by atoms with Crippen LogP contribution in [0.3, 0.4) is 0 Å². The molecule has 3 N–H and O–H groups in total. The topological polar surface area (TPSA) is 171 Å². The average molecular weight is 705 g/mol. The molecule has 0 aromatic heterocycles. The maximum atomic E-state index is 14.6. The molecule has 1 saturated carbocycles. The van der Waals surface area contributed by atoms with Gasteiger partial charge in [-0.05, 0) is 56.0 Å². The van der Waals surface area contributed by atoms with E-state index < -0.39 is 81.7 Å². The van der Waals surface area contributed by atoms with Gasteiger partial charge in [-0.25, -0.2) is 19.0 Å². The number of carbonyl (C=O) groups is 5. The van der Waals surface area contributed by atoms with E-state index in [1.807, 2.05) is 0 Å². The van der Waals surface area contributed by atoms with Crippen molar-refractivity contribution in [3.8, 4) is 23.0 Å². The van der Waals surface area contributed by atoms with Crippen LogP contribution < -0.4 is 19.3 Å². The van der Waals surface area contributed by atoms with Crippen molar-refractivity contribution in [3.05, 3.63) is 82.1 Å². The van der Waals surface area contributed by atoms with Crippen LogP contribution in [-0.2, 0) is 19.2 Å². The Balaban J connectivity index is 1.39. The van der Waals surface area contributed by atoms with Crippen molar-refractivity contribution in [2.75, 3.05) is 24.0 Å². The summed E-state index contributed by atoms with van der Waals surface area (Å²) in [6.07, 6.45) is 1.83. The van der Waals surface area contributed by atoms with Crippen LogP contribution >= 0.6 is 11.6 Å². The van der Waals surface area contributed by atoms with Crippen LogP contribution in [0.15, 0.2) is 60.2 Å². The van der Waals surface area contributed by atoms with E-state index in [-0.39, 0.29) is 52.1 Å². The monoisotopic (exact) mass is 704 g/mol. The molecule has 4 aliphatic rings. The van der Waals surface area contributed by atoms with E-state index in [0.717, 1.165) is 28.0 Å². The van der Waals surface area contributed by atoms with Crippen molar-refractivity contribution in [3.63, 3.8) is 0 Å². The fourth-order valence-electron chi connectivity index (χ4n) is 8.45. The van der Waals surface area contributed by atoms with Crippen LogP contribution in [0.4, 0.5) is 15.8 Å². The zero-order chi connectivity index (χ0) is 36.0. The number of halogens is 2.